The van der Waals surface area contributed by atoms with Gasteiger partial charge < -0.3 is 4.74 Å². The van der Waals surface area contributed by atoms with E-state index in [9.17, 15) is 17.6 Å². The van der Waals surface area contributed by atoms with Gasteiger partial charge in [0, 0.05) is 16.6 Å². The first-order chi connectivity index (χ1) is 11.8. The molecule has 0 bridgehead atoms. The van der Waals surface area contributed by atoms with Gasteiger partial charge in [-0.2, -0.15) is 8.42 Å². The summed E-state index contributed by atoms with van der Waals surface area (Å²) in [7, 11) is -3.61. The highest BCUT2D eigenvalue weighted by Gasteiger charge is 2.33. The standard InChI is InChI=1S/C16H18FNO5S2/c1-25(20,21)22-10-12-9-18(16(19)23-12)11-5-6-13(14(17)8-11)15-4-2-3-7-24-15/h2-3,5-6,8,12,15H,4,7,9-10H2,1H3/t12?,15-/m1/s1. The number of hydrogen-bond acceptors (Lipinski definition) is 6. The van der Waals surface area contributed by atoms with E-state index in [1.165, 1.54) is 11.0 Å². The summed E-state index contributed by atoms with van der Waals surface area (Å²) in [5.41, 5.74) is 0.993. The zero-order valence-corrected chi connectivity index (χ0v) is 15.2. The molecule has 6 nitrogen and oxygen atoms in total. The molecule has 2 heterocycles. The van der Waals surface area contributed by atoms with Gasteiger partial charge in [-0.3, -0.25) is 9.08 Å². The van der Waals surface area contributed by atoms with Crippen molar-refractivity contribution in [3.63, 3.8) is 0 Å². The van der Waals surface area contributed by atoms with Crippen LogP contribution in [0.3, 0.4) is 0 Å². The minimum atomic E-state index is -3.61. The number of hydrogen-bond donors (Lipinski definition) is 0. The molecule has 1 fully saturated rings. The highest BCUT2D eigenvalue weighted by molar-refractivity contribution is 7.99. The summed E-state index contributed by atoms with van der Waals surface area (Å²) in [6, 6.07) is 4.68. The molecule has 2 atom stereocenters. The lowest BCUT2D eigenvalue weighted by Gasteiger charge is -2.20. The highest BCUT2D eigenvalue weighted by atomic mass is 32.2. The Morgan fingerprint density at radius 2 is 2.20 bits per heavy atom. The molecule has 1 aromatic rings. The molecule has 0 spiro atoms. The molecule has 0 N–H and O–H groups in total. The van der Waals surface area contributed by atoms with Crippen molar-refractivity contribution in [1.82, 2.24) is 0 Å². The van der Waals surface area contributed by atoms with Crippen LogP contribution in [0.2, 0.25) is 0 Å². The number of halogens is 1. The average molecular weight is 387 g/mol. The van der Waals surface area contributed by atoms with Crippen LogP contribution in [0.4, 0.5) is 14.9 Å². The SMILES string of the molecule is CS(=O)(=O)OCC1CN(c2ccc([C@H]3CC=CCS3)c(F)c2)C(=O)O1. The van der Waals surface area contributed by atoms with Gasteiger partial charge in [0.2, 0.25) is 0 Å². The zero-order chi connectivity index (χ0) is 18.0. The van der Waals surface area contributed by atoms with E-state index in [0.717, 1.165) is 18.4 Å². The fourth-order valence-electron chi connectivity index (χ4n) is 2.71. The van der Waals surface area contributed by atoms with E-state index in [1.54, 1.807) is 23.9 Å². The Labute approximate surface area is 150 Å². The second-order valence-electron chi connectivity index (χ2n) is 5.84. The monoisotopic (exact) mass is 387 g/mol. The van der Waals surface area contributed by atoms with Crippen molar-refractivity contribution >= 4 is 33.7 Å². The molecule has 25 heavy (non-hydrogen) atoms. The number of carbonyl (C=O) groups is 1. The summed E-state index contributed by atoms with van der Waals surface area (Å²) in [5.74, 6) is 0.487. The van der Waals surface area contributed by atoms with Gasteiger partial charge in [0.1, 0.15) is 18.5 Å². The maximum Gasteiger partial charge on any atom is 0.414 e. The van der Waals surface area contributed by atoms with E-state index in [0.29, 0.717) is 11.3 Å². The van der Waals surface area contributed by atoms with Crippen LogP contribution in [0.1, 0.15) is 17.2 Å². The first kappa shape index (κ1) is 18.2. The van der Waals surface area contributed by atoms with Gasteiger partial charge in [0.15, 0.2) is 0 Å². The Hall–Kier alpha value is -1.58. The quantitative estimate of drug-likeness (QED) is 0.571. The minimum absolute atomic E-state index is 0.0699. The normalized spacial score (nSPS) is 23.8. The fraction of sp³-hybridized carbons (Fsp3) is 0.438. The Balaban J connectivity index is 1.70. The molecule has 0 aliphatic carbocycles. The summed E-state index contributed by atoms with van der Waals surface area (Å²) in [5, 5.41) is 0.0699. The van der Waals surface area contributed by atoms with Crippen molar-refractivity contribution < 1.29 is 26.5 Å². The second kappa shape index (κ2) is 7.35. The predicted octanol–water partition coefficient (Wildman–Crippen LogP) is 2.86. The molecular formula is C16H18FNO5S2. The summed E-state index contributed by atoms with van der Waals surface area (Å²) >= 11 is 1.67. The molecule has 2 aliphatic rings. The van der Waals surface area contributed by atoms with E-state index >= 15 is 0 Å². The Morgan fingerprint density at radius 3 is 2.84 bits per heavy atom. The van der Waals surface area contributed by atoms with Crippen LogP contribution in [-0.4, -0.2) is 45.8 Å². The van der Waals surface area contributed by atoms with E-state index in [1.807, 2.05) is 6.08 Å². The lowest BCUT2D eigenvalue weighted by atomic mass is 10.1. The average Bonchev–Trinajstić information content (AvgIpc) is 2.94. The zero-order valence-electron chi connectivity index (χ0n) is 13.6. The van der Waals surface area contributed by atoms with Crippen LogP contribution >= 0.6 is 11.8 Å². The Morgan fingerprint density at radius 1 is 1.40 bits per heavy atom. The number of amides is 1. The molecule has 3 rings (SSSR count). The third-order valence-electron chi connectivity index (χ3n) is 3.90. The number of allylic oxidation sites excluding steroid dienone is 1. The predicted molar refractivity (Wildman–Crippen MR) is 93.8 cm³/mol. The lowest BCUT2D eigenvalue weighted by Crippen LogP contribution is -2.26. The van der Waals surface area contributed by atoms with E-state index in [4.69, 9.17) is 4.74 Å². The molecule has 0 radical (unpaired) electrons. The lowest BCUT2D eigenvalue weighted by molar-refractivity contribution is 0.107. The third kappa shape index (κ3) is 4.53. The van der Waals surface area contributed by atoms with Gasteiger partial charge >= 0.3 is 6.09 Å². The molecule has 9 heteroatoms. The molecule has 0 aromatic heterocycles. The van der Waals surface area contributed by atoms with E-state index < -0.39 is 22.3 Å². The van der Waals surface area contributed by atoms with Crippen LogP contribution in [0.5, 0.6) is 0 Å². The van der Waals surface area contributed by atoms with Gasteiger partial charge in [-0.05, 0) is 18.6 Å². The first-order valence-electron chi connectivity index (χ1n) is 7.72. The molecular weight excluding hydrogens is 369 g/mol. The van der Waals surface area contributed by atoms with Gasteiger partial charge in [0.25, 0.3) is 10.1 Å². The Bertz CT molecular complexity index is 796. The van der Waals surface area contributed by atoms with Crippen molar-refractivity contribution in [2.75, 3.05) is 30.1 Å². The summed E-state index contributed by atoms with van der Waals surface area (Å²) in [4.78, 5) is 13.2. The number of nitrogens with zero attached hydrogens (tertiary/aromatic N) is 1. The van der Waals surface area contributed by atoms with Gasteiger partial charge in [-0.1, -0.05) is 18.2 Å². The van der Waals surface area contributed by atoms with E-state index in [2.05, 4.69) is 10.3 Å². The number of thioether (sulfide) groups is 1. The summed E-state index contributed by atoms with van der Waals surface area (Å²) in [6.45, 7) is -0.152. The minimum Gasteiger partial charge on any atom is -0.441 e. The fourth-order valence-corrected chi connectivity index (χ4v) is 4.20. The third-order valence-corrected chi connectivity index (χ3v) is 5.69. The highest BCUT2D eigenvalue weighted by Crippen LogP contribution is 2.38. The largest absolute Gasteiger partial charge is 0.441 e. The van der Waals surface area contributed by atoms with Crippen molar-refractivity contribution in [3.8, 4) is 0 Å². The second-order valence-corrected chi connectivity index (χ2v) is 8.72. The molecule has 1 unspecified atom stereocenters. The van der Waals surface area contributed by atoms with Crippen LogP contribution in [0, 0.1) is 5.82 Å². The Kier molecular flexibility index (Phi) is 5.35. The summed E-state index contributed by atoms with van der Waals surface area (Å²) in [6.07, 6.45) is 4.44. The number of benzene rings is 1. The summed E-state index contributed by atoms with van der Waals surface area (Å²) < 4.78 is 46.3. The van der Waals surface area contributed by atoms with Gasteiger partial charge in [0.05, 0.1) is 18.5 Å². The first-order valence-corrected chi connectivity index (χ1v) is 10.6. The molecule has 0 saturated carbocycles. The number of rotatable bonds is 5. The van der Waals surface area contributed by atoms with E-state index in [-0.39, 0.29) is 24.2 Å². The maximum absolute atomic E-state index is 14.5. The molecule has 1 saturated heterocycles. The van der Waals surface area contributed by atoms with Crippen LogP contribution in [-0.2, 0) is 19.0 Å². The van der Waals surface area contributed by atoms with Crippen LogP contribution in [0.25, 0.3) is 0 Å². The van der Waals surface area contributed by atoms with Crippen molar-refractivity contribution in [3.05, 3.63) is 41.7 Å². The maximum atomic E-state index is 14.5. The molecule has 136 valence electrons. The number of carbonyl (C=O) groups excluding carboxylic acids is 1. The topological polar surface area (TPSA) is 72.9 Å². The molecule has 1 aromatic carbocycles. The smallest absolute Gasteiger partial charge is 0.414 e. The number of anilines is 1. The van der Waals surface area contributed by atoms with Crippen molar-refractivity contribution in [1.29, 1.82) is 0 Å². The van der Waals surface area contributed by atoms with Crippen LogP contribution in [0.15, 0.2) is 30.4 Å². The number of ether oxygens (including phenoxy) is 1. The van der Waals surface area contributed by atoms with Gasteiger partial charge in [-0.25, -0.2) is 9.18 Å². The van der Waals surface area contributed by atoms with Gasteiger partial charge in [-0.15, -0.1) is 11.8 Å². The van der Waals surface area contributed by atoms with Crippen molar-refractivity contribution in [2.45, 2.75) is 17.8 Å². The van der Waals surface area contributed by atoms with Crippen molar-refractivity contribution in [2.24, 2.45) is 0 Å². The van der Waals surface area contributed by atoms with Crippen LogP contribution < -0.4 is 4.90 Å². The molecule has 1 amide bonds. The molecule has 2 aliphatic heterocycles. The number of cyclic esters (lactones) is 1.